The van der Waals surface area contributed by atoms with Gasteiger partial charge in [-0.15, -0.1) is 11.3 Å². The molecule has 1 aromatic heterocycles. The van der Waals surface area contributed by atoms with Crippen molar-refractivity contribution in [1.82, 2.24) is 10.3 Å². The molecule has 2 aromatic rings. The van der Waals surface area contributed by atoms with Crippen molar-refractivity contribution in [3.05, 3.63) is 56.0 Å². The lowest BCUT2D eigenvalue weighted by Crippen LogP contribution is -2.26. The molecule has 2 heterocycles. The summed E-state index contributed by atoms with van der Waals surface area (Å²) in [6.45, 7) is 2.17. The lowest BCUT2D eigenvalue weighted by Gasteiger charge is -2.20. The molecule has 1 aromatic carbocycles. The first-order valence-corrected chi connectivity index (χ1v) is 7.92. The second-order valence-corrected chi connectivity index (χ2v) is 6.43. The average Bonchev–Trinajstić information content (AvgIpc) is 2.97. The van der Waals surface area contributed by atoms with Crippen LogP contribution in [0.4, 0.5) is 5.69 Å². The van der Waals surface area contributed by atoms with Gasteiger partial charge in [-0.25, -0.2) is 4.98 Å². The van der Waals surface area contributed by atoms with Gasteiger partial charge in [0.25, 0.3) is 5.69 Å². The highest BCUT2D eigenvalue weighted by Crippen LogP contribution is 2.30. The van der Waals surface area contributed by atoms with E-state index < -0.39 is 0 Å². The van der Waals surface area contributed by atoms with E-state index >= 15 is 0 Å². The molecule has 5 nitrogen and oxygen atoms in total. The van der Waals surface area contributed by atoms with Crippen LogP contribution < -0.4 is 5.32 Å². The molecule has 0 saturated carbocycles. The van der Waals surface area contributed by atoms with Crippen molar-refractivity contribution in [2.24, 2.45) is 0 Å². The van der Waals surface area contributed by atoms with Crippen LogP contribution in [0.1, 0.15) is 34.2 Å². The van der Waals surface area contributed by atoms with Gasteiger partial charge in [0, 0.05) is 29.6 Å². The fourth-order valence-corrected chi connectivity index (χ4v) is 3.74. The van der Waals surface area contributed by atoms with Crippen molar-refractivity contribution in [3.63, 3.8) is 0 Å². The minimum atomic E-state index is -0.373. The molecule has 21 heavy (non-hydrogen) atoms. The summed E-state index contributed by atoms with van der Waals surface area (Å²) >= 11 is 1.77. The van der Waals surface area contributed by atoms with Crippen molar-refractivity contribution < 1.29 is 4.92 Å². The number of nitrogens with zero attached hydrogens (tertiary/aromatic N) is 2. The highest BCUT2D eigenvalue weighted by atomic mass is 32.1. The van der Waals surface area contributed by atoms with E-state index in [1.54, 1.807) is 23.5 Å². The number of non-ortho nitro benzene ring substituents is 1. The van der Waals surface area contributed by atoms with Crippen LogP contribution in [0, 0.1) is 10.1 Å². The van der Waals surface area contributed by atoms with Gasteiger partial charge in [0.1, 0.15) is 0 Å². The van der Waals surface area contributed by atoms with Crippen molar-refractivity contribution >= 4 is 17.0 Å². The molecule has 1 aliphatic heterocycles. The predicted molar refractivity (Wildman–Crippen MR) is 82.9 cm³/mol. The van der Waals surface area contributed by atoms with Gasteiger partial charge in [-0.2, -0.15) is 0 Å². The van der Waals surface area contributed by atoms with E-state index in [1.807, 2.05) is 18.3 Å². The van der Waals surface area contributed by atoms with E-state index in [1.165, 1.54) is 17.7 Å². The van der Waals surface area contributed by atoms with E-state index in [4.69, 9.17) is 0 Å². The Labute approximate surface area is 127 Å². The SMILES string of the molecule is O=[N+]([O-])c1ccc(Cc2ncc(C3CCNCC3)s2)cc1. The fourth-order valence-electron chi connectivity index (χ4n) is 2.61. The zero-order chi connectivity index (χ0) is 14.7. The third-order valence-corrected chi connectivity index (χ3v) is 4.98. The number of nitro benzene ring substituents is 1. The second kappa shape index (κ2) is 6.32. The average molecular weight is 303 g/mol. The standard InChI is InChI=1S/C15H17N3O2S/c19-18(20)13-3-1-11(2-4-13)9-15-17-10-14(21-15)12-5-7-16-8-6-12/h1-4,10,12,16H,5-9H2. The smallest absolute Gasteiger partial charge is 0.269 e. The summed E-state index contributed by atoms with van der Waals surface area (Å²) in [6.07, 6.45) is 5.10. The van der Waals surface area contributed by atoms with Crippen molar-refractivity contribution in [2.45, 2.75) is 25.2 Å². The van der Waals surface area contributed by atoms with Crippen LogP contribution in [0.3, 0.4) is 0 Å². The number of hydrogen-bond donors (Lipinski definition) is 1. The van der Waals surface area contributed by atoms with Crippen LogP contribution in [0.5, 0.6) is 0 Å². The summed E-state index contributed by atoms with van der Waals surface area (Å²) in [6, 6.07) is 6.72. The minimum Gasteiger partial charge on any atom is -0.317 e. The molecular formula is C15H17N3O2S. The van der Waals surface area contributed by atoms with E-state index in [0.29, 0.717) is 5.92 Å². The maximum atomic E-state index is 10.6. The minimum absolute atomic E-state index is 0.133. The van der Waals surface area contributed by atoms with Gasteiger partial charge in [0.2, 0.25) is 0 Å². The van der Waals surface area contributed by atoms with E-state index in [9.17, 15) is 10.1 Å². The van der Waals surface area contributed by atoms with Crippen LogP contribution >= 0.6 is 11.3 Å². The van der Waals surface area contributed by atoms with Gasteiger partial charge in [0.05, 0.1) is 9.93 Å². The van der Waals surface area contributed by atoms with E-state index in [-0.39, 0.29) is 10.6 Å². The normalized spacial score (nSPS) is 16.0. The van der Waals surface area contributed by atoms with Crippen LogP contribution in [0.2, 0.25) is 0 Å². The molecule has 1 saturated heterocycles. The molecule has 0 bridgehead atoms. The largest absolute Gasteiger partial charge is 0.317 e. The second-order valence-electron chi connectivity index (χ2n) is 5.28. The van der Waals surface area contributed by atoms with Crippen molar-refractivity contribution in [1.29, 1.82) is 0 Å². The van der Waals surface area contributed by atoms with Crippen LogP contribution in [0.15, 0.2) is 30.5 Å². The summed E-state index contributed by atoms with van der Waals surface area (Å²) in [5.74, 6) is 0.634. The number of nitro groups is 1. The Hall–Kier alpha value is -1.79. The van der Waals surface area contributed by atoms with Gasteiger partial charge >= 0.3 is 0 Å². The van der Waals surface area contributed by atoms with Crippen molar-refractivity contribution in [2.75, 3.05) is 13.1 Å². The molecule has 6 heteroatoms. The summed E-state index contributed by atoms with van der Waals surface area (Å²) in [7, 11) is 0. The molecule has 0 atom stereocenters. The topological polar surface area (TPSA) is 68.1 Å². The number of rotatable bonds is 4. The van der Waals surface area contributed by atoms with Gasteiger partial charge in [0.15, 0.2) is 0 Å². The Morgan fingerprint density at radius 3 is 2.67 bits per heavy atom. The Morgan fingerprint density at radius 1 is 1.29 bits per heavy atom. The quantitative estimate of drug-likeness (QED) is 0.696. The molecule has 1 aliphatic rings. The lowest BCUT2D eigenvalue weighted by molar-refractivity contribution is -0.384. The molecule has 110 valence electrons. The van der Waals surface area contributed by atoms with Crippen LogP contribution in [-0.2, 0) is 6.42 Å². The first-order chi connectivity index (χ1) is 10.2. The fraction of sp³-hybridized carbons (Fsp3) is 0.400. The third kappa shape index (κ3) is 3.46. The lowest BCUT2D eigenvalue weighted by atomic mass is 9.97. The maximum Gasteiger partial charge on any atom is 0.269 e. The van der Waals surface area contributed by atoms with Gasteiger partial charge in [-0.1, -0.05) is 12.1 Å². The number of piperidine rings is 1. The number of hydrogen-bond acceptors (Lipinski definition) is 5. The molecular weight excluding hydrogens is 286 g/mol. The first-order valence-electron chi connectivity index (χ1n) is 7.11. The van der Waals surface area contributed by atoms with Gasteiger partial charge in [-0.3, -0.25) is 10.1 Å². The van der Waals surface area contributed by atoms with Crippen LogP contribution in [-0.4, -0.2) is 23.0 Å². The summed E-state index contributed by atoms with van der Waals surface area (Å²) in [4.78, 5) is 16.1. The number of thiazole rings is 1. The number of benzene rings is 1. The van der Waals surface area contributed by atoms with E-state index in [2.05, 4.69) is 10.3 Å². The molecule has 3 rings (SSSR count). The monoisotopic (exact) mass is 303 g/mol. The first kappa shape index (κ1) is 14.2. The molecule has 0 radical (unpaired) electrons. The highest BCUT2D eigenvalue weighted by Gasteiger charge is 2.17. The molecule has 0 aliphatic carbocycles. The van der Waals surface area contributed by atoms with E-state index in [0.717, 1.165) is 30.1 Å². The maximum absolute atomic E-state index is 10.6. The predicted octanol–water partition coefficient (Wildman–Crippen LogP) is 3.11. The summed E-state index contributed by atoms with van der Waals surface area (Å²) in [5.41, 5.74) is 1.19. The molecule has 0 unspecified atom stereocenters. The molecule has 0 spiro atoms. The number of aromatic nitrogens is 1. The Kier molecular flexibility index (Phi) is 4.26. The summed E-state index contributed by atoms with van der Waals surface area (Å²) in [5, 5.41) is 15.1. The van der Waals surface area contributed by atoms with Crippen LogP contribution in [0.25, 0.3) is 0 Å². The summed E-state index contributed by atoms with van der Waals surface area (Å²) < 4.78 is 0. The Bertz CT molecular complexity index is 618. The zero-order valence-electron chi connectivity index (χ0n) is 11.6. The van der Waals surface area contributed by atoms with Gasteiger partial charge < -0.3 is 5.32 Å². The molecule has 1 fully saturated rings. The Balaban J connectivity index is 1.67. The Morgan fingerprint density at radius 2 is 2.00 bits per heavy atom. The van der Waals surface area contributed by atoms with Gasteiger partial charge in [-0.05, 0) is 37.4 Å². The molecule has 0 amide bonds. The van der Waals surface area contributed by atoms with Crippen molar-refractivity contribution in [3.8, 4) is 0 Å². The zero-order valence-corrected chi connectivity index (χ0v) is 12.4. The number of nitrogens with one attached hydrogen (secondary N) is 1. The molecule has 1 N–H and O–H groups in total. The highest BCUT2D eigenvalue weighted by molar-refractivity contribution is 7.11. The third-order valence-electron chi connectivity index (χ3n) is 3.82.